The third-order valence-corrected chi connectivity index (χ3v) is 4.21. The number of hydrogen-bond donors (Lipinski definition) is 1. The van der Waals surface area contributed by atoms with Crippen LogP contribution >= 0.6 is 0 Å². The Hall–Kier alpha value is -0.0800. The van der Waals surface area contributed by atoms with E-state index >= 15 is 0 Å². The van der Waals surface area contributed by atoms with Gasteiger partial charge in [0.1, 0.15) is 0 Å². The van der Waals surface area contributed by atoms with Crippen LogP contribution in [0.4, 0.5) is 0 Å². The van der Waals surface area contributed by atoms with E-state index in [9.17, 15) is 0 Å². The molecular formula is C11H21NO. The molecule has 1 saturated carbocycles. The van der Waals surface area contributed by atoms with Crippen molar-refractivity contribution in [2.24, 2.45) is 5.41 Å². The summed E-state index contributed by atoms with van der Waals surface area (Å²) in [4.78, 5) is 0. The van der Waals surface area contributed by atoms with Crippen molar-refractivity contribution >= 4 is 0 Å². The average molecular weight is 183 g/mol. The van der Waals surface area contributed by atoms with E-state index in [1.54, 1.807) is 0 Å². The van der Waals surface area contributed by atoms with Gasteiger partial charge in [-0.3, -0.25) is 0 Å². The molecule has 13 heavy (non-hydrogen) atoms. The molecule has 1 aliphatic carbocycles. The van der Waals surface area contributed by atoms with Crippen LogP contribution in [0.3, 0.4) is 0 Å². The Morgan fingerprint density at radius 2 is 1.92 bits per heavy atom. The van der Waals surface area contributed by atoms with Gasteiger partial charge in [-0.1, -0.05) is 13.8 Å². The summed E-state index contributed by atoms with van der Waals surface area (Å²) < 4.78 is 6.17. The average Bonchev–Trinajstić information content (AvgIpc) is 2.08. The Balaban J connectivity index is 2.10. The lowest BCUT2D eigenvalue weighted by molar-refractivity contribution is -0.233. The summed E-state index contributed by atoms with van der Waals surface area (Å²) in [6.07, 6.45) is 2.88. The molecule has 2 aliphatic rings. The number of morpholine rings is 1. The zero-order valence-electron chi connectivity index (χ0n) is 9.18. The fraction of sp³-hybridized carbons (Fsp3) is 1.00. The van der Waals surface area contributed by atoms with Crippen LogP contribution in [0.25, 0.3) is 0 Å². The zero-order valence-corrected chi connectivity index (χ0v) is 9.18. The first-order valence-corrected chi connectivity index (χ1v) is 5.38. The van der Waals surface area contributed by atoms with Crippen LogP contribution in [0.1, 0.15) is 40.5 Å². The Kier molecular flexibility index (Phi) is 1.97. The van der Waals surface area contributed by atoms with Crippen molar-refractivity contribution in [2.45, 2.75) is 58.3 Å². The summed E-state index contributed by atoms with van der Waals surface area (Å²) in [7, 11) is 0. The van der Waals surface area contributed by atoms with Gasteiger partial charge in [0.25, 0.3) is 0 Å². The fourth-order valence-corrected chi connectivity index (χ4v) is 2.44. The van der Waals surface area contributed by atoms with Gasteiger partial charge in [-0.2, -0.15) is 0 Å². The lowest BCUT2D eigenvalue weighted by atomic mass is 9.58. The standard InChI is InChI=1S/C11H21NO/c1-8-9(2)13-11(7-12-8)6-5-10(11,3)4/h8-9,12H,5-7H2,1-4H3. The highest BCUT2D eigenvalue weighted by atomic mass is 16.5. The molecule has 3 atom stereocenters. The molecule has 1 saturated heterocycles. The third-order valence-electron chi connectivity index (χ3n) is 4.21. The highest BCUT2D eigenvalue weighted by Crippen LogP contribution is 2.53. The summed E-state index contributed by atoms with van der Waals surface area (Å²) in [6.45, 7) is 10.0. The normalized spacial score (nSPS) is 48.9. The smallest absolute Gasteiger partial charge is 0.0861 e. The minimum atomic E-state index is 0.138. The Bertz CT molecular complexity index is 214. The van der Waals surface area contributed by atoms with Crippen molar-refractivity contribution in [2.75, 3.05) is 6.54 Å². The van der Waals surface area contributed by atoms with E-state index in [1.165, 1.54) is 12.8 Å². The number of nitrogens with one attached hydrogen (secondary N) is 1. The predicted octanol–water partition coefficient (Wildman–Crippen LogP) is 1.94. The molecule has 0 amide bonds. The van der Waals surface area contributed by atoms with Gasteiger partial charge in [0.05, 0.1) is 11.7 Å². The van der Waals surface area contributed by atoms with Crippen LogP contribution in [-0.2, 0) is 4.74 Å². The van der Waals surface area contributed by atoms with E-state index in [2.05, 4.69) is 33.0 Å². The molecule has 0 bridgehead atoms. The summed E-state index contributed by atoms with van der Waals surface area (Å²) in [5.74, 6) is 0. The molecule has 1 aliphatic heterocycles. The summed E-state index contributed by atoms with van der Waals surface area (Å²) in [5.41, 5.74) is 0.507. The van der Waals surface area contributed by atoms with Crippen molar-refractivity contribution in [3.8, 4) is 0 Å². The van der Waals surface area contributed by atoms with Crippen LogP contribution < -0.4 is 5.32 Å². The van der Waals surface area contributed by atoms with Crippen LogP contribution in [0.2, 0.25) is 0 Å². The van der Waals surface area contributed by atoms with E-state index < -0.39 is 0 Å². The maximum absolute atomic E-state index is 6.17. The maximum Gasteiger partial charge on any atom is 0.0861 e. The SMILES string of the molecule is CC1NCC2(CCC2(C)C)OC1C. The Morgan fingerprint density at radius 1 is 1.23 bits per heavy atom. The van der Waals surface area contributed by atoms with Gasteiger partial charge < -0.3 is 10.1 Å². The second-order valence-corrected chi connectivity index (χ2v) is 5.37. The highest BCUT2D eigenvalue weighted by Gasteiger charge is 2.56. The number of hydrogen-bond acceptors (Lipinski definition) is 2. The first-order chi connectivity index (χ1) is 5.97. The summed E-state index contributed by atoms with van der Waals surface area (Å²) in [5, 5.41) is 3.56. The second-order valence-electron chi connectivity index (χ2n) is 5.37. The predicted molar refractivity (Wildman–Crippen MR) is 53.8 cm³/mol. The Labute approximate surface area is 81.0 Å². The lowest BCUT2D eigenvalue weighted by Crippen LogP contribution is -2.68. The first-order valence-electron chi connectivity index (χ1n) is 5.38. The quantitative estimate of drug-likeness (QED) is 0.619. The van der Waals surface area contributed by atoms with Gasteiger partial charge in [0.2, 0.25) is 0 Å². The van der Waals surface area contributed by atoms with Gasteiger partial charge in [0, 0.05) is 12.6 Å². The molecular weight excluding hydrogens is 162 g/mol. The minimum Gasteiger partial charge on any atom is -0.369 e. The third kappa shape index (κ3) is 1.23. The molecule has 1 heterocycles. The van der Waals surface area contributed by atoms with E-state index in [0.717, 1.165) is 6.54 Å². The topological polar surface area (TPSA) is 21.3 Å². The molecule has 1 N–H and O–H groups in total. The maximum atomic E-state index is 6.17. The minimum absolute atomic E-state index is 0.138. The van der Waals surface area contributed by atoms with E-state index in [1.807, 2.05) is 0 Å². The molecule has 0 radical (unpaired) electrons. The Morgan fingerprint density at radius 3 is 2.31 bits per heavy atom. The second kappa shape index (κ2) is 2.71. The van der Waals surface area contributed by atoms with Gasteiger partial charge in [0.15, 0.2) is 0 Å². The molecule has 0 aromatic heterocycles. The lowest BCUT2D eigenvalue weighted by Gasteiger charge is -2.59. The number of rotatable bonds is 0. The van der Waals surface area contributed by atoms with Gasteiger partial charge >= 0.3 is 0 Å². The van der Waals surface area contributed by atoms with E-state index in [4.69, 9.17) is 4.74 Å². The monoisotopic (exact) mass is 183 g/mol. The molecule has 1 spiro atoms. The van der Waals surface area contributed by atoms with Crippen LogP contribution in [0.15, 0.2) is 0 Å². The molecule has 76 valence electrons. The first kappa shape index (κ1) is 9.47. The molecule has 0 aromatic rings. The van der Waals surface area contributed by atoms with Crippen molar-refractivity contribution in [1.82, 2.24) is 5.32 Å². The van der Waals surface area contributed by atoms with E-state index in [0.29, 0.717) is 17.6 Å². The van der Waals surface area contributed by atoms with E-state index in [-0.39, 0.29) is 5.60 Å². The molecule has 2 fully saturated rings. The van der Waals surface area contributed by atoms with Gasteiger partial charge in [-0.15, -0.1) is 0 Å². The molecule has 2 nitrogen and oxygen atoms in total. The van der Waals surface area contributed by atoms with Crippen LogP contribution in [0, 0.1) is 5.41 Å². The largest absolute Gasteiger partial charge is 0.369 e. The van der Waals surface area contributed by atoms with Crippen LogP contribution in [-0.4, -0.2) is 24.3 Å². The molecule has 3 unspecified atom stereocenters. The zero-order chi connectivity index (χ0) is 9.69. The van der Waals surface area contributed by atoms with Crippen molar-refractivity contribution in [3.63, 3.8) is 0 Å². The molecule has 0 aromatic carbocycles. The molecule has 2 rings (SSSR count). The van der Waals surface area contributed by atoms with Crippen molar-refractivity contribution < 1.29 is 4.74 Å². The van der Waals surface area contributed by atoms with Crippen molar-refractivity contribution in [1.29, 1.82) is 0 Å². The highest BCUT2D eigenvalue weighted by molar-refractivity contribution is 5.08. The fourth-order valence-electron chi connectivity index (χ4n) is 2.44. The molecule has 2 heteroatoms. The van der Waals surface area contributed by atoms with Gasteiger partial charge in [-0.05, 0) is 32.1 Å². The van der Waals surface area contributed by atoms with Gasteiger partial charge in [-0.25, -0.2) is 0 Å². The summed E-state index contributed by atoms with van der Waals surface area (Å²) in [6, 6.07) is 0.502. The van der Waals surface area contributed by atoms with Crippen LogP contribution in [0.5, 0.6) is 0 Å². The van der Waals surface area contributed by atoms with Crippen molar-refractivity contribution in [3.05, 3.63) is 0 Å². The summed E-state index contributed by atoms with van der Waals surface area (Å²) >= 11 is 0. The number of ether oxygens (including phenoxy) is 1.